The lowest BCUT2D eigenvalue weighted by Crippen LogP contribution is -2.39. The quantitative estimate of drug-likeness (QED) is 0.644. The Morgan fingerprint density at radius 1 is 1.27 bits per heavy atom. The monoisotopic (exact) mass is 203 g/mol. The molecule has 2 saturated heterocycles. The second kappa shape index (κ2) is 3.35. The van der Waals surface area contributed by atoms with Crippen LogP contribution in [0.4, 0.5) is 0 Å². The molecule has 0 N–H and O–H groups in total. The van der Waals surface area contributed by atoms with Gasteiger partial charge in [0.05, 0.1) is 6.10 Å². The van der Waals surface area contributed by atoms with Gasteiger partial charge in [-0.15, -0.1) is 0 Å². The number of piperidine rings is 1. The molecule has 0 spiro atoms. The SMILES string of the molecule is O=C(c1ccccc1)N1CCC2OC2C1. The first kappa shape index (κ1) is 8.92. The number of rotatable bonds is 1. The van der Waals surface area contributed by atoms with Crippen LogP contribution in [0.1, 0.15) is 16.8 Å². The fourth-order valence-corrected chi connectivity index (χ4v) is 2.13. The van der Waals surface area contributed by atoms with Gasteiger partial charge in [-0.25, -0.2) is 0 Å². The molecule has 3 rings (SSSR count). The predicted molar refractivity (Wildman–Crippen MR) is 55.6 cm³/mol. The van der Waals surface area contributed by atoms with Gasteiger partial charge in [0.25, 0.3) is 5.91 Å². The van der Waals surface area contributed by atoms with Crippen molar-refractivity contribution in [1.29, 1.82) is 0 Å². The van der Waals surface area contributed by atoms with E-state index >= 15 is 0 Å². The van der Waals surface area contributed by atoms with E-state index in [1.54, 1.807) is 0 Å². The Bertz CT molecular complexity index is 376. The highest BCUT2D eigenvalue weighted by molar-refractivity contribution is 5.94. The van der Waals surface area contributed by atoms with E-state index in [2.05, 4.69) is 0 Å². The van der Waals surface area contributed by atoms with Gasteiger partial charge in [0.1, 0.15) is 6.10 Å². The maximum atomic E-state index is 12.0. The smallest absolute Gasteiger partial charge is 0.253 e. The summed E-state index contributed by atoms with van der Waals surface area (Å²) in [6.07, 6.45) is 1.74. The number of benzene rings is 1. The normalized spacial score (nSPS) is 28.4. The lowest BCUT2D eigenvalue weighted by molar-refractivity contribution is 0.0736. The Morgan fingerprint density at radius 3 is 2.80 bits per heavy atom. The molecule has 15 heavy (non-hydrogen) atoms. The molecule has 3 heteroatoms. The summed E-state index contributed by atoms with van der Waals surface area (Å²) in [5.74, 6) is 0.129. The van der Waals surface area contributed by atoms with Crippen LogP contribution in [0.2, 0.25) is 0 Å². The molecule has 2 fully saturated rings. The van der Waals surface area contributed by atoms with Crippen molar-refractivity contribution in [2.75, 3.05) is 13.1 Å². The van der Waals surface area contributed by atoms with Crippen molar-refractivity contribution < 1.29 is 9.53 Å². The van der Waals surface area contributed by atoms with E-state index < -0.39 is 0 Å². The van der Waals surface area contributed by atoms with Crippen LogP contribution < -0.4 is 0 Å². The standard InChI is InChI=1S/C12H13NO2/c14-12(9-4-2-1-3-5-9)13-7-6-10-11(8-13)15-10/h1-5,10-11H,6-8H2. The molecule has 2 aliphatic rings. The molecule has 0 saturated carbocycles. The lowest BCUT2D eigenvalue weighted by atomic mass is 10.1. The number of fused-ring (bicyclic) bond motifs is 1. The zero-order valence-corrected chi connectivity index (χ0v) is 8.43. The third kappa shape index (κ3) is 1.63. The van der Waals surface area contributed by atoms with Gasteiger partial charge in [-0.1, -0.05) is 18.2 Å². The van der Waals surface area contributed by atoms with Crippen LogP contribution >= 0.6 is 0 Å². The second-order valence-corrected chi connectivity index (χ2v) is 4.12. The highest BCUT2D eigenvalue weighted by atomic mass is 16.6. The number of ether oxygens (including phenoxy) is 1. The van der Waals surface area contributed by atoms with Crippen molar-refractivity contribution >= 4 is 5.91 Å². The Morgan fingerprint density at radius 2 is 2.07 bits per heavy atom. The first-order chi connectivity index (χ1) is 7.34. The minimum absolute atomic E-state index is 0.129. The van der Waals surface area contributed by atoms with Crippen LogP contribution in [0, 0.1) is 0 Å². The molecular formula is C12H13NO2. The van der Waals surface area contributed by atoms with Crippen molar-refractivity contribution in [2.24, 2.45) is 0 Å². The molecular weight excluding hydrogens is 190 g/mol. The van der Waals surface area contributed by atoms with Gasteiger partial charge in [0.2, 0.25) is 0 Å². The number of amides is 1. The van der Waals surface area contributed by atoms with Gasteiger partial charge in [0, 0.05) is 18.7 Å². The molecule has 0 aromatic heterocycles. The molecule has 3 nitrogen and oxygen atoms in total. The highest BCUT2D eigenvalue weighted by Gasteiger charge is 2.44. The number of epoxide rings is 1. The zero-order chi connectivity index (χ0) is 10.3. The number of carbonyl (C=O) groups is 1. The molecule has 1 amide bonds. The van der Waals surface area contributed by atoms with Gasteiger partial charge in [0.15, 0.2) is 0 Å². The summed E-state index contributed by atoms with van der Waals surface area (Å²) in [6, 6.07) is 9.44. The maximum Gasteiger partial charge on any atom is 0.253 e. The first-order valence-electron chi connectivity index (χ1n) is 5.34. The summed E-state index contributed by atoms with van der Waals surface area (Å²) >= 11 is 0. The number of hydrogen-bond donors (Lipinski definition) is 0. The van der Waals surface area contributed by atoms with Crippen LogP contribution in [0.5, 0.6) is 0 Å². The number of carbonyl (C=O) groups excluding carboxylic acids is 1. The summed E-state index contributed by atoms with van der Waals surface area (Å²) in [5.41, 5.74) is 0.775. The molecule has 1 aromatic carbocycles. The van der Waals surface area contributed by atoms with Gasteiger partial charge >= 0.3 is 0 Å². The van der Waals surface area contributed by atoms with E-state index in [0.29, 0.717) is 12.2 Å². The van der Waals surface area contributed by atoms with E-state index in [-0.39, 0.29) is 5.91 Å². The first-order valence-corrected chi connectivity index (χ1v) is 5.34. The molecule has 2 unspecified atom stereocenters. The molecule has 0 radical (unpaired) electrons. The van der Waals surface area contributed by atoms with E-state index in [0.717, 1.165) is 25.1 Å². The van der Waals surface area contributed by atoms with E-state index in [1.807, 2.05) is 35.2 Å². The third-order valence-electron chi connectivity index (χ3n) is 3.08. The van der Waals surface area contributed by atoms with Gasteiger partial charge in [-0.05, 0) is 18.6 Å². The second-order valence-electron chi connectivity index (χ2n) is 4.12. The molecule has 2 atom stereocenters. The van der Waals surface area contributed by atoms with Crippen LogP contribution in [0.25, 0.3) is 0 Å². The van der Waals surface area contributed by atoms with Gasteiger partial charge < -0.3 is 9.64 Å². The number of hydrogen-bond acceptors (Lipinski definition) is 2. The fraction of sp³-hybridized carbons (Fsp3) is 0.417. The van der Waals surface area contributed by atoms with E-state index in [1.165, 1.54) is 0 Å². The van der Waals surface area contributed by atoms with Crippen molar-refractivity contribution in [3.8, 4) is 0 Å². The van der Waals surface area contributed by atoms with Crippen molar-refractivity contribution in [2.45, 2.75) is 18.6 Å². The third-order valence-corrected chi connectivity index (χ3v) is 3.08. The number of nitrogens with zero attached hydrogens (tertiary/aromatic N) is 1. The van der Waals surface area contributed by atoms with Crippen molar-refractivity contribution in [1.82, 2.24) is 4.90 Å². The van der Waals surface area contributed by atoms with Crippen LogP contribution in [0.3, 0.4) is 0 Å². The highest BCUT2D eigenvalue weighted by Crippen LogP contribution is 2.31. The molecule has 2 aliphatic heterocycles. The Labute approximate surface area is 88.6 Å². The van der Waals surface area contributed by atoms with Crippen LogP contribution in [-0.2, 0) is 4.74 Å². The summed E-state index contributed by atoms with van der Waals surface area (Å²) in [6.45, 7) is 1.59. The summed E-state index contributed by atoms with van der Waals surface area (Å²) < 4.78 is 5.40. The molecule has 78 valence electrons. The topological polar surface area (TPSA) is 32.8 Å². The average Bonchev–Trinajstić information content (AvgIpc) is 3.07. The van der Waals surface area contributed by atoms with Gasteiger partial charge in [-0.3, -0.25) is 4.79 Å². The Hall–Kier alpha value is -1.35. The van der Waals surface area contributed by atoms with E-state index in [4.69, 9.17) is 4.74 Å². The van der Waals surface area contributed by atoms with E-state index in [9.17, 15) is 4.79 Å². The molecule has 0 aliphatic carbocycles. The average molecular weight is 203 g/mol. The van der Waals surface area contributed by atoms with Crippen LogP contribution in [-0.4, -0.2) is 36.1 Å². The minimum atomic E-state index is 0.129. The number of likely N-dealkylation sites (tertiary alicyclic amines) is 1. The largest absolute Gasteiger partial charge is 0.368 e. The Kier molecular flexibility index (Phi) is 1.99. The molecule has 1 aromatic rings. The minimum Gasteiger partial charge on any atom is -0.368 e. The summed E-state index contributed by atoms with van der Waals surface area (Å²) in [7, 11) is 0. The van der Waals surface area contributed by atoms with Gasteiger partial charge in [-0.2, -0.15) is 0 Å². The van der Waals surface area contributed by atoms with Crippen molar-refractivity contribution in [3.63, 3.8) is 0 Å². The lowest BCUT2D eigenvalue weighted by Gasteiger charge is -2.24. The maximum absolute atomic E-state index is 12.0. The summed E-state index contributed by atoms with van der Waals surface area (Å²) in [4.78, 5) is 13.9. The van der Waals surface area contributed by atoms with Crippen molar-refractivity contribution in [3.05, 3.63) is 35.9 Å². The predicted octanol–water partition coefficient (Wildman–Crippen LogP) is 1.30. The summed E-state index contributed by atoms with van der Waals surface area (Å²) in [5, 5.41) is 0. The molecule has 2 heterocycles. The zero-order valence-electron chi connectivity index (χ0n) is 8.43. The van der Waals surface area contributed by atoms with Crippen LogP contribution in [0.15, 0.2) is 30.3 Å². The Balaban J connectivity index is 1.74. The molecule has 0 bridgehead atoms. The fourth-order valence-electron chi connectivity index (χ4n) is 2.13.